The lowest BCUT2D eigenvalue weighted by Gasteiger charge is -2.30. The van der Waals surface area contributed by atoms with Gasteiger partial charge in [-0.3, -0.25) is 9.48 Å². The van der Waals surface area contributed by atoms with Crippen LogP contribution >= 0.6 is 15.9 Å². The maximum atomic E-state index is 12.6. The fourth-order valence-corrected chi connectivity index (χ4v) is 3.43. The molecule has 1 saturated heterocycles. The average Bonchev–Trinajstić information content (AvgIpc) is 2.83. The monoisotopic (exact) mass is 389 g/mol. The van der Waals surface area contributed by atoms with Gasteiger partial charge in [-0.1, -0.05) is 19.1 Å². The van der Waals surface area contributed by atoms with Gasteiger partial charge in [-0.15, -0.1) is 0 Å². The molecule has 0 N–H and O–H groups in total. The highest BCUT2D eigenvalue weighted by Crippen LogP contribution is 2.21. The zero-order valence-electron chi connectivity index (χ0n) is 14.6. The Labute approximate surface area is 152 Å². The van der Waals surface area contributed by atoms with Gasteiger partial charge in [-0.2, -0.15) is 5.10 Å². The fraction of sp³-hybridized carbons (Fsp3) is 0.474. The smallest absolute Gasteiger partial charge is 0.253 e. The molecule has 0 spiro atoms. The van der Waals surface area contributed by atoms with Gasteiger partial charge >= 0.3 is 0 Å². The molecule has 1 aliphatic heterocycles. The van der Waals surface area contributed by atoms with Crippen molar-refractivity contribution in [2.45, 2.75) is 40.2 Å². The fourth-order valence-electron chi connectivity index (χ4n) is 3.15. The Bertz CT molecular complexity index is 728. The first-order valence-electron chi connectivity index (χ1n) is 8.53. The van der Waals surface area contributed by atoms with E-state index in [1.165, 1.54) is 0 Å². The molecular weight excluding hydrogens is 366 g/mol. The Morgan fingerprint density at radius 2 is 1.83 bits per heavy atom. The van der Waals surface area contributed by atoms with Crippen molar-refractivity contribution in [1.29, 1.82) is 0 Å². The molecule has 4 nitrogen and oxygen atoms in total. The van der Waals surface area contributed by atoms with Crippen LogP contribution in [-0.2, 0) is 6.54 Å². The second kappa shape index (κ2) is 7.09. The SMILES string of the molecule is Cc1nn(Cc2ccc(C(=O)N3CCC(C)CC3)cc2)c(C)c1Br. The Hall–Kier alpha value is -1.62. The molecule has 0 bridgehead atoms. The molecule has 3 rings (SSSR count). The number of hydrogen-bond acceptors (Lipinski definition) is 2. The lowest BCUT2D eigenvalue weighted by Crippen LogP contribution is -2.37. The van der Waals surface area contributed by atoms with Gasteiger partial charge < -0.3 is 4.90 Å². The molecule has 5 heteroatoms. The van der Waals surface area contributed by atoms with E-state index in [1.54, 1.807) is 0 Å². The molecule has 0 saturated carbocycles. The highest BCUT2D eigenvalue weighted by atomic mass is 79.9. The Balaban J connectivity index is 1.69. The maximum absolute atomic E-state index is 12.6. The minimum atomic E-state index is 0.155. The summed E-state index contributed by atoms with van der Waals surface area (Å²) in [6, 6.07) is 7.95. The third-order valence-electron chi connectivity index (χ3n) is 4.90. The molecule has 0 atom stereocenters. The van der Waals surface area contributed by atoms with Crippen LogP contribution in [0.4, 0.5) is 0 Å². The number of aryl methyl sites for hydroxylation is 1. The van der Waals surface area contributed by atoms with Crippen LogP contribution in [0.25, 0.3) is 0 Å². The van der Waals surface area contributed by atoms with E-state index in [0.29, 0.717) is 6.54 Å². The number of likely N-dealkylation sites (tertiary alicyclic amines) is 1. The highest BCUT2D eigenvalue weighted by molar-refractivity contribution is 9.10. The second-order valence-electron chi connectivity index (χ2n) is 6.81. The largest absolute Gasteiger partial charge is 0.339 e. The van der Waals surface area contributed by atoms with Gasteiger partial charge in [0.25, 0.3) is 5.91 Å². The summed E-state index contributed by atoms with van der Waals surface area (Å²) >= 11 is 3.56. The lowest BCUT2D eigenvalue weighted by atomic mass is 9.98. The topological polar surface area (TPSA) is 38.1 Å². The first kappa shape index (κ1) is 17.2. The van der Waals surface area contributed by atoms with Crippen LogP contribution in [-0.4, -0.2) is 33.7 Å². The number of benzene rings is 1. The minimum absolute atomic E-state index is 0.155. The van der Waals surface area contributed by atoms with Gasteiger partial charge in [-0.25, -0.2) is 0 Å². The minimum Gasteiger partial charge on any atom is -0.339 e. The van der Waals surface area contributed by atoms with Crippen molar-refractivity contribution < 1.29 is 4.79 Å². The summed E-state index contributed by atoms with van der Waals surface area (Å²) in [7, 11) is 0. The molecule has 1 aliphatic rings. The highest BCUT2D eigenvalue weighted by Gasteiger charge is 2.21. The quantitative estimate of drug-likeness (QED) is 0.789. The number of halogens is 1. The molecule has 1 aromatic carbocycles. The number of amides is 1. The van der Waals surface area contributed by atoms with E-state index in [2.05, 4.69) is 34.9 Å². The van der Waals surface area contributed by atoms with Crippen molar-refractivity contribution in [2.75, 3.05) is 13.1 Å². The van der Waals surface area contributed by atoms with Crippen molar-refractivity contribution in [1.82, 2.24) is 14.7 Å². The molecule has 0 aliphatic carbocycles. The summed E-state index contributed by atoms with van der Waals surface area (Å²) in [5.74, 6) is 0.888. The van der Waals surface area contributed by atoms with Crippen LogP contribution in [0.5, 0.6) is 0 Å². The average molecular weight is 390 g/mol. The summed E-state index contributed by atoms with van der Waals surface area (Å²) in [6.07, 6.45) is 2.22. The van der Waals surface area contributed by atoms with E-state index in [-0.39, 0.29) is 5.91 Å². The summed E-state index contributed by atoms with van der Waals surface area (Å²) in [5, 5.41) is 4.54. The van der Waals surface area contributed by atoms with E-state index in [1.807, 2.05) is 40.8 Å². The third-order valence-corrected chi connectivity index (χ3v) is 6.04. The van der Waals surface area contributed by atoms with Crippen molar-refractivity contribution in [3.63, 3.8) is 0 Å². The van der Waals surface area contributed by atoms with Crippen molar-refractivity contribution in [2.24, 2.45) is 5.92 Å². The normalized spacial score (nSPS) is 15.8. The van der Waals surface area contributed by atoms with Gasteiger partial charge in [0.2, 0.25) is 0 Å². The second-order valence-corrected chi connectivity index (χ2v) is 7.61. The third kappa shape index (κ3) is 3.56. The molecule has 2 heterocycles. The van der Waals surface area contributed by atoms with Crippen LogP contribution in [0.15, 0.2) is 28.7 Å². The van der Waals surface area contributed by atoms with E-state index < -0.39 is 0 Å². The van der Waals surface area contributed by atoms with Crippen LogP contribution in [0, 0.1) is 19.8 Å². The van der Waals surface area contributed by atoms with Crippen LogP contribution in [0.3, 0.4) is 0 Å². The zero-order chi connectivity index (χ0) is 17.3. The molecule has 1 fully saturated rings. The van der Waals surface area contributed by atoms with E-state index in [0.717, 1.165) is 58.8 Å². The van der Waals surface area contributed by atoms with Gasteiger partial charge in [0, 0.05) is 18.7 Å². The number of aromatic nitrogens is 2. The standard InChI is InChI=1S/C19H24BrN3O/c1-13-8-10-22(11-9-13)19(24)17-6-4-16(5-7-17)12-23-15(3)18(20)14(2)21-23/h4-7,13H,8-12H2,1-3H3. The number of carbonyl (C=O) groups is 1. The summed E-state index contributed by atoms with van der Waals surface area (Å²) in [6.45, 7) is 8.78. The van der Waals surface area contributed by atoms with Gasteiger partial charge in [0.1, 0.15) is 0 Å². The lowest BCUT2D eigenvalue weighted by molar-refractivity contribution is 0.0697. The summed E-state index contributed by atoms with van der Waals surface area (Å²) in [4.78, 5) is 14.6. The molecule has 0 radical (unpaired) electrons. The Kier molecular flexibility index (Phi) is 5.09. The molecule has 1 amide bonds. The summed E-state index contributed by atoms with van der Waals surface area (Å²) < 4.78 is 3.05. The maximum Gasteiger partial charge on any atom is 0.253 e. The molecule has 128 valence electrons. The van der Waals surface area contributed by atoms with Gasteiger partial charge in [0.05, 0.1) is 22.4 Å². The zero-order valence-corrected chi connectivity index (χ0v) is 16.1. The number of piperidine rings is 1. The van der Waals surface area contributed by atoms with Crippen molar-refractivity contribution in [3.8, 4) is 0 Å². The first-order chi connectivity index (χ1) is 11.5. The number of rotatable bonds is 3. The van der Waals surface area contributed by atoms with Crippen LogP contribution in [0.1, 0.15) is 47.1 Å². The molecule has 2 aromatic rings. The first-order valence-corrected chi connectivity index (χ1v) is 9.32. The van der Waals surface area contributed by atoms with Gasteiger partial charge in [-0.05, 0) is 66.2 Å². The van der Waals surface area contributed by atoms with E-state index in [9.17, 15) is 4.79 Å². The van der Waals surface area contributed by atoms with Crippen molar-refractivity contribution >= 4 is 21.8 Å². The van der Waals surface area contributed by atoms with Gasteiger partial charge in [0.15, 0.2) is 0 Å². The number of nitrogens with zero attached hydrogens (tertiary/aromatic N) is 3. The molecular formula is C19H24BrN3O. The number of hydrogen-bond donors (Lipinski definition) is 0. The van der Waals surface area contributed by atoms with Crippen LogP contribution < -0.4 is 0 Å². The predicted molar refractivity (Wildman–Crippen MR) is 99.2 cm³/mol. The Morgan fingerprint density at radius 1 is 1.21 bits per heavy atom. The van der Waals surface area contributed by atoms with E-state index >= 15 is 0 Å². The summed E-state index contributed by atoms with van der Waals surface area (Å²) in [5.41, 5.74) is 4.05. The molecule has 24 heavy (non-hydrogen) atoms. The predicted octanol–water partition coefficient (Wildman–Crippen LogP) is 4.18. The van der Waals surface area contributed by atoms with Crippen LogP contribution in [0.2, 0.25) is 0 Å². The van der Waals surface area contributed by atoms with E-state index in [4.69, 9.17) is 0 Å². The van der Waals surface area contributed by atoms with Crippen molar-refractivity contribution in [3.05, 3.63) is 51.3 Å². The molecule has 1 aromatic heterocycles. The molecule has 0 unspecified atom stereocenters. The number of carbonyl (C=O) groups excluding carboxylic acids is 1. The Morgan fingerprint density at radius 3 is 2.38 bits per heavy atom.